The van der Waals surface area contributed by atoms with Crippen molar-refractivity contribution >= 4 is 55.8 Å². The van der Waals surface area contributed by atoms with E-state index in [2.05, 4.69) is 10.3 Å². The third kappa shape index (κ3) is 2.63. The zero-order valence-electron chi connectivity index (χ0n) is 10.1. The van der Waals surface area contributed by atoms with Crippen LogP contribution in [0.5, 0.6) is 0 Å². The van der Waals surface area contributed by atoms with Gasteiger partial charge in [0.05, 0.1) is 20.8 Å². The van der Waals surface area contributed by atoms with Crippen molar-refractivity contribution in [1.29, 1.82) is 0 Å². The Morgan fingerprint density at radius 2 is 1.95 bits per heavy atom. The normalized spacial score (nSPS) is 10.7. The van der Waals surface area contributed by atoms with Crippen LogP contribution in [0.2, 0.25) is 10.0 Å². The molecule has 0 saturated heterocycles. The number of hydrogen-bond acceptors (Lipinski definition) is 3. The van der Waals surface area contributed by atoms with Crippen molar-refractivity contribution in [3.8, 4) is 0 Å². The Morgan fingerprint density at radius 3 is 2.75 bits per heavy atom. The van der Waals surface area contributed by atoms with Gasteiger partial charge in [0.1, 0.15) is 0 Å². The lowest BCUT2D eigenvalue weighted by Crippen LogP contribution is -2.11. The molecule has 0 radical (unpaired) electrons. The summed E-state index contributed by atoms with van der Waals surface area (Å²) in [6, 6.07) is 12.3. The third-order valence-electron chi connectivity index (χ3n) is 2.69. The summed E-state index contributed by atoms with van der Waals surface area (Å²) in [5, 5.41) is 4.32. The van der Waals surface area contributed by atoms with E-state index in [1.807, 2.05) is 12.1 Å². The number of fused-ring (bicyclic) bond motifs is 1. The highest BCUT2D eigenvalue weighted by molar-refractivity contribution is 7.22. The van der Waals surface area contributed by atoms with E-state index in [0.29, 0.717) is 20.7 Å². The van der Waals surface area contributed by atoms with E-state index in [4.69, 9.17) is 23.2 Å². The maximum Gasteiger partial charge on any atom is 0.258 e. The van der Waals surface area contributed by atoms with Gasteiger partial charge >= 0.3 is 0 Å². The minimum Gasteiger partial charge on any atom is -0.298 e. The number of carbonyl (C=O) groups is 1. The zero-order valence-corrected chi connectivity index (χ0v) is 12.4. The summed E-state index contributed by atoms with van der Waals surface area (Å²) >= 11 is 13.3. The molecule has 0 saturated carbocycles. The van der Waals surface area contributed by atoms with Gasteiger partial charge in [0.25, 0.3) is 5.91 Å². The molecule has 3 aromatic rings. The first-order chi connectivity index (χ1) is 9.63. The first-order valence-electron chi connectivity index (χ1n) is 5.75. The molecule has 1 amide bonds. The first-order valence-corrected chi connectivity index (χ1v) is 7.33. The van der Waals surface area contributed by atoms with E-state index in [9.17, 15) is 4.79 Å². The number of nitrogens with one attached hydrogen (secondary N) is 1. The molecule has 0 aliphatic rings. The van der Waals surface area contributed by atoms with Crippen LogP contribution in [0.1, 0.15) is 10.4 Å². The van der Waals surface area contributed by atoms with E-state index in [0.717, 1.165) is 10.2 Å². The summed E-state index contributed by atoms with van der Waals surface area (Å²) in [6.07, 6.45) is 0. The fraction of sp³-hybridized carbons (Fsp3) is 0. The van der Waals surface area contributed by atoms with Crippen molar-refractivity contribution in [3.05, 3.63) is 58.1 Å². The highest BCUT2D eigenvalue weighted by Gasteiger charge is 2.12. The quantitative estimate of drug-likeness (QED) is 0.732. The molecule has 20 heavy (non-hydrogen) atoms. The number of amides is 1. The fourth-order valence-electron chi connectivity index (χ4n) is 1.76. The average molecular weight is 323 g/mol. The molecular weight excluding hydrogens is 315 g/mol. The van der Waals surface area contributed by atoms with Crippen LogP contribution in [0.4, 0.5) is 5.13 Å². The van der Waals surface area contributed by atoms with Crippen molar-refractivity contribution in [2.24, 2.45) is 0 Å². The smallest absolute Gasteiger partial charge is 0.258 e. The summed E-state index contributed by atoms with van der Waals surface area (Å²) in [5.41, 5.74) is 1.22. The Morgan fingerprint density at radius 1 is 1.15 bits per heavy atom. The van der Waals surface area contributed by atoms with E-state index in [1.165, 1.54) is 11.3 Å². The SMILES string of the molecule is O=C(Nc1nc2ccc(Cl)cc2s1)c1ccccc1Cl. The van der Waals surface area contributed by atoms with Crippen LogP contribution >= 0.6 is 34.5 Å². The van der Waals surface area contributed by atoms with Crippen molar-refractivity contribution in [3.63, 3.8) is 0 Å². The lowest BCUT2D eigenvalue weighted by Gasteiger charge is -2.02. The van der Waals surface area contributed by atoms with E-state index >= 15 is 0 Å². The Balaban J connectivity index is 1.89. The average Bonchev–Trinajstić information content (AvgIpc) is 2.80. The van der Waals surface area contributed by atoms with Gasteiger partial charge in [-0.2, -0.15) is 0 Å². The molecule has 0 fully saturated rings. The third-order valence-corrected chi connectivity index (χ3v) is 4.19. The zero-order chi connectivity index (χ0) is 14.1. The number of aromatic nitrogens is 1. The minimum atomic E-state index is -0.277. The number of carbonyl (C=O) groups excluding carboxylic acids is 1. The van der Waals surface area contributed by atoms with Gasteiger partial charge in [-0.3, -0.25) is 10.1 Å². The number of hydrogen-bond donors (Lipinski definition) is 1. The highest BCUT2D eigenvalue weighted by Crippen LogP contribution is 2.29. The number of thiazole rings is 1. The van der Waals surface area contributed by atoms with E-state index in [-0.39, 0.29) is 5.91 Å². The van der Waals surface area contributed by atoms with Crippen LogP contribution in [0.25, 0.3) is 10.2 Å². The predicted molar refractivity (Wildman–Crippen MR) is 84.0 cm³/mol. The molecular formula is C14H8Cl2N2OS. The molecule has 3 rings (SSSR count). The molecule has 0 unspecified atom stereocenters. The van der Waals surface area contributed by atoms with Gasteiger partial charge in [0, 0.05) is 5.02 Å². The topological polar surface area (TPSA) is 42.0 Å². The van der Waals surface area contributed by atoms with Gasteiger partial charge in [0.2, 0.25) is 0 Å². The fourth-order valence-corrected chi connectivity index (χ4v) is 3.12. The summed E-state index contributed by atoms with van der Waals surface area (Å²) in [7, 11) is 0. The van der Waals surface area contributed by atoms with Crippen LogP contribution < -0.4 is 5.32 Å². The van der Waals surface area contributed by atoms with Crippen LogP contribution in [-0.4, -0.2) is 10.9 Å². The molecule has 1 N–H and O–H groups in total. The van der Waals surface area contributed by atoms with Gasteiger partial charge < -0.3 is 0 Å². The first kappa shape index (κ1) is 13.4. The Bertz CT molecular complexity index is 801. The molecule has 2 aromatic carbocycles. The monoisotopic (exact) mass is 322 g/mol. The summed E-state index contributed by atoms with van der Waals surface area (Å²) < 4.78 is 0.923. The van der Waals surface area contributed by atoms with Gasteiger partial charge in [0.15, 0.2) is 5.13 Å². The molecule has 0 atom stereocenters. The lowest BCUT2D eigenvalue weighted by molar-refractivity contribution is 0.102. The molecule has 0 aliphatic carbocycles. The second-order valence-electron chi connectivity index (χ2n) is 4.07. The van der Waals surface area contributed by atoms with E-state index in [1.54, 1.807) is 30.3 Å². The van der Waals surface area contributed by atoms with Crippen LogP contribution in [-0.2, 0) is 0 Å². The summed E-state index contributed by atoms with van der Waals surface area (Å²) in [5.74, 6) is -0.277. The number of rotatable bonds is 2. The second kappa shape index (κ2) is 5.40. The molecule has 6 heteroatoms. The lowest BCUT2D eigenvalue weighted by atomic mass is 10.2. The molecule has 100 valence electrons. The Kier molecular flexibility index (Phi) is 3.61. The van der Waals surface area contributed by atoms with Crippen LogP contribution in [0.3, 0.4) is 0 Å². The largest absolute Gasteiger partial charge is 0.298 e. The molecule has 0 aliphatic heterocycles. The number of halogens is 2. The minimum absolute atomic E-state index is 0.277. The molecule has 1 heterocycles. The molecule has 3 nitrogen and oxygen atoms in total. The summed E-state index contributed by atoms with van der Waals surface area (Å²) in [6.45, 7) is 0. The second-order valence-corrected chi connectivity index (χ2v) is 5.94. The summed E-state index contributed by atoms with van der Waals surface area (Å²) in [4.78, 5) is 16.5. The van der Waals surface area contributed by atoms with Crippen LogP contribution in [0, 0.1) is 0 Å². The highest BCUT2D eigenvalue weighted by atomic mass is 35.5. The van der Waals surface area contributed by atoms with Crippen molar-refractivity contribution < 1.29 is 4.79 Å². The maximum atomic E-state index is 12.1. The van der Waals surface area contributed by atoms with Gasteiger partial charge in [-0.25, -0.2) is 4.98 Å². The standard InChI is InChI=1S/C14H8Cl2N2OS/c15-8-5-6-11-12(7-8)20-14(17-11)18-13(19)9-3-1-2-4-10(9)16/h1-7H,(H,17,18,19). The van der Waals surface area contributed by atoms with Crippen molar-refractivity contribution in [2.45, 2.75) is 0 Å². The Hall–Kier alpha value is -1.62. The molecule has 0 bridgehead atoms. The molecule has 1 aromatic heterocycles. The van der Waals surface area contributed by atoms with Gasteiger partial charge in [-0.05, 0) is 30.3 Å². The molecule has 0 spiro atoms. The number of nitrogens with zero attached hydrogens (tertiary/aromatic N) is 1. The van der Waals surface area contributed by atoms with Gasteiger partial charge in [-0.15, -0.1) is 0 Å². The number of anilines is 1. The maximum absolute atomic E-state index is 12.1. The van der Waals surface area contributed by atoms with Crippen molar-refractivity contribution in [2.75, 3.05) is 5.32 Å². The van der Waals surface area contributed by atoms with E-state index < -0.39 is 0 Å². The number of benzene rings is 2. The van der Waals surface area contributed by atoms with Gasteiger partial charge in [-0.1, -0.05) is 46.7 Å². The predicted octanol–water partition coefficient (Wildman–Crippen LogP) is 4.86. The van der Waals surface area contributed by atoms with Crippen LogP contribution in [0.15, 0.2) is 42.5 Å². The Labute approximate surface area is 129 Å². The van der Waals surface area contributed by atoms with Crippen molar-refractivity contribution in [1.82, 2.24) is 4.98 Å².